The number of fused-ring (bicyclic) bond motifs is 3. The van der Waals surface area contributed by atoms with Gasteiger partial charge < -0.3 is 15.4 Å². The number of nitrogens with one attached hydrogen (secondary N) is 2. The maximum absolute atomic E-state index is 12.4. The summed E-state index contributed by atoms with van der Waals surface area (Å²) in [7, 11) is 1.80. The summed E-state index contributed by atoms with van der Waals surface area (Å²) in [6, 6.07) is 7.44. The van der Waals surface area contributed by atoms with E-state index in [1.54, 1.807) is 24.9 Å². The second kappa shape index (κ2) is 9.40. The van der Waals surface area contributed by atoms with E-state index in [4.69, 9.17) is 9.72 Å². The molecule has 0 atom stereocenters. The largest absolute Gasteiger partial charge is 0.461 e. The molecule has 0 radical (unpaired) electrons. The molecule has 3 aromatic rings. The van der Waals surface area contributed by atoms with E-state index in [-0.39, 0.29) is 11.8 Å². The fourth-order valence-electron chi connectivity index (χ4n) is 3.97. The number of ether oxygens (including phenoxy) is 1. The van der Waals surface area contributed by atoms with Gasteiger partial charge >= 0.3 is 5.97 Å². The van der Waals surface area contributed by atoms with Crippen molar-refractivity contribution >= 4 is 29.2 Å². The van der Waals surface area contributed by atoms with Crippen LogP contribution in [0.1, 0.15) is 48.8 Å². The topological polar surface area (TPSA) is 111 Å². The smallest absolute Gasteiger partial charge is 0.359 e. The predicted octanol–water partition coefficient (Wildman–Crippen LogP) is 3.88. The number of nitrogens with zero attached hydrogens (tertiary/aromatic N) is 4. The third-order valence-corrected chi connectivity index (χ3v) is 5.39. The lowest BCUT2D eigenvalue weighted by atomic mass is 9.93. The number of rotatable bonds is 7. The molecule has 0 spiro atoms. The average Bonchev–Trinajstić information content (AvgIpc) is 3.12. The molecule has 9 nitrogen and oxygen atoms in total. The van der Waals surface area contributed by atoms with Gasteiger partial charge in [0.1, 0.15) is 0 Å². The summed E-state index contributed by atoms with van der Waals surface area (Å²) in [5.74, 6) is 0.195. The van der Waals surface area contributed by atoms with Gasteiger partial charge in [0.2, 0.25) is 11.9 Å². The van der Waals surface area contributed by atoms with Crippen molar-refractivity contribution in [1.82, 2.24) is 19.7 Å². The minimum absolute atomic E-state index is 0.0448. The van der Waals surface area contributed by atoms with Crippen molar-refractivity contribution in [1.29, 1.82) is 0 Å². The SMILES string of the molecule is CCOC(=O)c1nn(C)c2c1CCc1cnc(Nc3ccccc3NC(=O)CC(C)C)nc1-2. The minimum Gasteiger partial charge on any atom is -0.461 e. The first-order chi connectivity index (χ1) is 15.9. The zero-order chi connectivity index (χ0) is 23.5. The molecule has 2 heterocycles. The number of carbonyl (C=O) groups excluding carboxylic acids is 2. The standard InChI is InChI=1S/C24H28N6O3/c1-5-33-23(32)21-16-11-10-15-13-25-24(28-20(15)22(16)30(4)29-21)27-18-9-7-6-8-17(18)26-19(31)12-14(2)3/h6-9,13-14H,5,10-12H2,1-4H3,(H,26,31)(H,25,27,28). The maximum Gasteiger partial charge on any atom is 0.359 e. The van der Waals surface area contributed by atoms with Crippen LogP contribution in [0.15, 0.2) is 30.5 Å². The van der Waals surface area contributed by atoms with Crippen molar-refractivity contribution in [2.75, 3.05) is 17.2 Å². The van der Waals surface area contributed by atoms with Crippen molar-refractivity contribution < 1.29 is 14.3 Å². The highest BCUT2D eigenvalue weighted by atomic mass is 16.5. The van der Waals surface area contributed by atoms with Crippen LogP contribution in [-0.4, -0.2) is 38.2 Å². The van der Waals surface area contributed by atoms with Crippen molar-refractivity contribution in [2.45, 2.75) is 40.0 Å². The van der Waals surface area contributed by atoms with Crippen LogP contribution in [0.5, 0.6) is 0 Å². The van der Waals surface area contributed by atoms with E-state index in [1.165, 1.54) is 0 Å². The number of esters is 1. The highest BCUT2D eigenvalue weighted by molar-refractivity contribution is 5.95. The van der Waals surface area contributed by atoms with Gasteiger partial charge in [-0.3, -0.25) is 9.48 Å². The van der Waals surface area contributed by atoms with Crippen LogP contribution in [0.25, 0.3) is 11.4 Å². The summed E-state index contributed by atoms with van der Waals surface area (Å²) < 4.78 is 6.85. The van der Waals surface area contributed by atoms with Gasteiger partial charge in [0, 0.05) is 25.2 Å². The molecule has 0 aliphatic heterocycles. The molecule has 172 valence electrons. The Bertz CT molecular complexity index is 1200. The molecule has 0 unspecified atom stereocenters. The van der Waals surface area contributed by atoms with Gasteiger partial charge in [0.25, 0.3) is 0 Å². The summed E-state index contributed by atoms with van der Waals surface area (Å²) in [6.07, 6.45) is 3.62. The summed E-state index contributed by atoms with van der Waals surface area (Å²) in [5, 5.41) is 10.6. The van der Waals surface area contributed by atoms with E-state index in [9.17, 15) is 9.59 Å². The lowest BCUT2D eigenvalue weighted by Gasteiger charge is -2.18. The van der Waals surface area contributed by atoms with Crippen LogP contribution >= 0.6 is 0 Å². The Morgan fingerprint density at radius 1 is 1.18 bits per heavy atom. The van der Waals surface area contributed by atoms with Crippen molar-refractivity contribution in [3.63, 3.8) is 0 Å². The molecule has 4 rings (SSSR count). The van der Waals surface area contributed by atoms with Crippen LogP contribution in [0.2, 0.25) is 0 Å². The van der Waals surface area contributed by atoms with E-state index in [1.807, 2.05) is 38.1 Å². The quantitative estimate of drug-likeness (QED) is 0.528. The Labute approximate surface area is 192 Å². The number of aromatic nitrogens is 4. The van der Waals surface area contributed by atoms with Crippen LogP contribution in [0.3, 0.4) is 0 Å². The Kier molecular flexibility index (Phi) is 6.39. The third-order valence-electron chi connectivity index (χ3n) is 5.39. The van der Waals surface area contributed by atoms with Gasteiger partial charge in [-0.05, 0) is 43.4 Å². The first-order valence-electron chi connectivity index (χ1n) is 11.1. The van der Waals surface area contributed by atoms with Crippen molar-refractivity contribution in [3.05, 3.63) is 47.3 Å². The lowest BCUT2D eigenvalue weighted by molar-refractivity contribution is -0.116. The number of carbonyl (C=O) groups is 2. The molecule has 0 saturated heterocycles. The Morgan fingerprint density at radius 3 is 2.67 bits per heavy atom. The van der Waals surface area contributed by atoms with E-state index in [0.717, 1.165) is 22.5 Å². The van der Waals surface area contributed by atoms with E-state index >= 15 is 0 Å². The molecule has 0 fully saturated rings. The number of anilines is 3. The second-order valence-corrected chi connectivity index (χ2v) is 8.40. The third kappa shape index (κ3) is 4.72. The molecule has 1 aliphatic rings. The zero-order valence-electron chi connectivity index (χ0n) is 19.3. The number of para-hydroxylation sites is 2. The van der Waals surface area contributed by atoms with Crippen molar-refractivity contribution in [3.8, 4) is 11.4 Å². The molecule has 2 aromatic heterocycles. The normalized spacial score (nSPS) is 12.2. The molecular weight excluding hydrogens is 420 g/mol. The van der Waals surface area contributed by atoms with Crippen LogP contribution in [-0.2, 0) is 29.4 Å². The second-order valence-electron chi connectivity index (χ2n) is 8.40. The first kappa shape index (κ1) is 22.4. The maximum atomic E-state index is 12.4. The predicted molar refractivity (Wildman–Crippen MR) is 125 cm³/mol. The van der Waals surface area contributed by atoms with Crippen LogP contribution in [0.4, 0.5) is 17.3 Å². The molecule has 0 saturated carbocycles. The number of aryl methyl sites for hydroxylation is 2. The highest BCUT2D eigenvalue weighted by Crippen LogP contribution is 2.35. The molecule has 1 amide bonds. The zero-order valence-corrected chi connectivity index (χ0v) is 19.3. The van der Waals surface area contributed by atoms with Gasteiger partial charge in [-0.1, -0.05) is 26.0 Å². The van der Waals surface area contributed by atoms with E-state index in [0.29, 0.717) is 48.9 Å². The molecule has 2 N–H and O–H groups in total. The van der Waals surface area contributed by atoms with Gasteiger partial charge in [0.05, 0.1) is 29.4 Å². The fraction of sp³-hybridized carbons (Fsp3) is 0.375. The van der Waals surface area contributed by atoms with Crippen molar-refractivity contribution in [2.24, 2.45) is 13.0 Å². The lowest BCUT2D eigenvalue weighted by Crippen LogP contribution is -2.15. The molecule has 1 aliphatic carbocycles. The fourth-order valence-corrected chi connectivity index (χ4v) is 3.97. The van der Waals surface area contributed by atoms with E-state index in [2.05, 4.69) is 20.7 Å². The van der Waals surface area contributed by atoms with Gasteiger partial charge in [0.15, 0.2) is 5.69 Å². The molecule has 33 heavy (non-hydrogen) atoms. The average molecular weight is 449 g/mol. The number of hydrogen-bond donors (Lipinski definition) is 2. The number of amides is 1. The van der Waals surface area contributed by atoms with Gasteiger partial charge in [-0.25, -0.2) is 14.8 Å². The number of hydrogen-bond acceptors (Lipinski definition) is 7. The molecule has 0 bridgehead atoms. The van der Waals surface area contributed by atoms with Gasteiger partial charge in [-0.2, -0.15) is 5.10 Å². The first-order valence-corrected chi connectivity index (χ1v) is 11.1. The monoisotopic (exact) mass is 448 g/mol. The Balaban J connectivity index is 1.64. The van der Waals surface area contributed by atoms with Gasteiger partial charge in [-0.15, -0.1) is 0 Å². The molecule has 9 heteroatoms. The summed E-state index contributed by atoms with van der Waals surface area (Å²) in [4.78, 5) is 33.9. The van der Waals surface area contributed by atoms with E-state index < -0.39 is 5.97 Å². The summed E-state index contributed by atoms with van der Waals surface area (Å²) in [5.41, 5.74) is 5.06. The molecular formula is C24H28N6O3. The number of benzene rings is 1. The highest BCUT2D eigenvalue weighted by Gasteiger charge is 2.29. The summed E-state index contributed by atoms with van der Waals surface area (Å²) >= 11 is 0. The Hall–Kier alpha value is -3.75. The Morgan fingerprint density at radius 2 is 1.94 bits per heavy atom. The van der Waals surface area contributed by atoms with Crippen LogP contribution in [0, 0.1) is 5.92 Å². The summed E-state index contributed by atoms with van der Waals surface area (Å²) in [6.45, 7) is 6.08. The minimum atomic E-state index is -0.420. The van der Waals surface area contributed by atoms with Crippen LogP contribution < -0.4 is 10.6 Å². The molecule has 1 aromatic carbocycles.